The van der Waals surface area contributed by atoms with E-state index < -0.39 is 5.97 Å². The minimum Gasteiger partial charge on any atom is -0.481 e. The van der Waals surface area contributed by atoms with Crippen molar-refractivity contribution in [2.24, 2.45) is 0 Å². The molecule has 1 fully saturated rings. The van der Waals surface area contributed by atoms with Gasteiger partial charge in [0.2, 0.25) is 0 Å². The van der Waals surface area contributed by atoms with Crippen molar-refractivity contribution in [1.29, 1.82) is 0 Å². The van der Waals surface area contributed by atoms with E-state index in [4.69, 9.17) is 9.84 Å². The van der Waals surface area contributed by atoms with Gasteiger partial charge in [-0.05, 0) is 32.6 Å². The van der Waals surface area contributed by atoms with E-state index in [1.807, 2.05) is 6.92 Å². The van der Waals surface area contributed by atoms with Gasteiger partial charge in [0, 0.05) is 19.0 Å². The zero-order chi connectivity index (χ0) is 15.5. The predicted molar refractivity (Wildman–Crippen MR) is 80.3 cm³/mol. The first kappa shape index (κ1) is 17.8. The first-order valence-corrected chi connectivity index (χ1v) is 7.95. The molecule has 0 spiro atoms. The van der Waals surface area contributed by atoms with Crippen LogP contribution in [0.1, 0.15) is 58.3 Å². The Labute approximate surface area is 126 Å². The quantitative estimate of drug-likeness (QED) is 0.570. The average Bonchev–Trinajstić information content (AvgIpc) is 2.44. The third-order valence-corrected chi connectivity index (χ3v) is 3.70. The molecule has 3 N–H and O–H groups in total. The zero-order valence-corrected chi connectivity index (χ0v) is 12.9. The Hall–Kier alpha value is -1.30. The van der Waals surface area contributed by atoms with Gasteiger partial charge >= 0.3 is 12.0 Å². The molecule has 0 saturated heterocycles. The Morgan fingerprint density at radius 3 is 2.67 bits per heavy atom. The maximum Gasteiger partial charge on any atom is 0.315 e. The van der Waals surface area contributed by atoms with Gasteiger partial charge in [-0.3, -0.25) is 4.79 Å². The van der Waals surface area contributed by atoms with Crippen LogP contribution in [-0.4, -0.2) is 42.4 Å². The fourth-order valence-corrected chi connectivity index (χ4v) is 2.53. The molecule has 0 radical (unpaired) electrons. The summed E-state index contributed by atoms with van der Waals surface area (Å²) in [4.78, 5) is 22.0. The summed E-state index contributed by atoms with van der Waals surface area (Å²) in [6.45, 7) is 2.93. The number of carbonyl (C=O) groups excluding carboxylic acids is 1. The molecule has 1 unspecified atom stereocenters. The molecule has 1 rings (SSSR count). The molecule has 1 saturated carbocycles. The van der Waals surface area contributed by atoms with E-state index in [1.165, 1.54) is 19.3 Å². The summed E-state index contributed by atoms with van der Waals surface area (Å²) < 4.78 is 5.72. The first-order chi connectivity index (χ1) is 10.1. The van der Waals surface area contributed by atoms with E-state index in [0.717, 1.165) is 12.8 Å². The number of hydrogen-bond acceptors (Lipinski definition) is 3. The van der Waals surface area contributed by atoms with Crippen LogP contribution in [0.3, 0.4) is 0 Å². The second-order valence-corrected chi connectivity index (χ2v) is 5.72. The molecule has 0 aromatic rings. The molecule has 6 nitrogen and oxygen atoms in total. The third-order valence-electron chi connectivity index (χ3n) is 3.70. The highest BCUT2D eigenvalue weighted by molar-refractivity contribution is 5.74. The van der Waals surface area contributed by atoms with Gasteiger partial charge < -0.3 is 20.5 Å². The van der Waals surface area contributed by atoms with Gasteiger partial charge in [-0.25, -0.2) is 4.79 Å². The topological polar surface area (TPSA) is 87.7 Å². The number of carboxylic acid groups (broad SMARTS) is 1. The van der Waals surface area contributed by atoms with Crippen LogP contribution in [0.2, 0.25) is 0 Å². The van der Waals surface area contributed by atoms with Gasteiger partial charge in [-0.15, -0.1) is 0 Å². The van der Waals surface area contributed by atoms with Crippen molar-refractivity contribution in [3.63, 3.8) is 0 Å². The van der Waals surface area contributed by atoms with Crippen LogP contribution in [-0.2, 0) is 9.53 Å². The summed E-state index contributed by atoms with van der Waals surface area (Å²) in [5, 5.41) is 14.1. The Morgan fingerprint density at radius 2 is 2.00 bits per heavy atom. The SMILES string of the molecule is CC(CCCC(=O)O)NC(=O)NCCOC1CCCCC1. The fourth-order valence-electron chi connectivity index (χ4n) is 2.53. The van der Waals surface area contributed by atoms with E-state index in [1.54, 1.807) is 0 Å². The number of urea groups is 1. The molecule has 122 valence electrons. The minimum absolute atomic E-state index is 0.0244. The number of rotatable bonds is 9. The summed E-state index contributed by atoms with van der Waals surface area (Å²) in [6, 6.07) is -0.242. The van der Waals surface area contributed by atoms with Crippen molar-refractivity contribution in [3.05, 3.63) is 0 Å². The number of carbonyl (C=O) groups is 2. The fraction of sp³-hybridized carbons (Fsp3) is 0.867. The normalized spacial score (nSPS) is 17.2. The molecule has 0 aromatic heterocycles. The summed E-state index contributed by atoms with van der Waals surface area (Å²) in [5.74, 6) is -0.800. The minimum atomic E-state index is -0.800. The molecule has 0 heterocycles. The van der Waals surface area contributed by atoms with E-state index in [0.29, 0.717) is 32.1 Å². The highest BCUT2D eigenvalue weighted by atomic mass is 16.5. The van der Waals surface area contributed by atoms with Gasteiger partial charge in [-0.1, -0.05) is 19.3 Å². The number of carboxylic acids is 1. The third kappa shape index (κ3) is 9.28. The Kier molecular flexibility index (Phi) is 8.82. The molecule has 1 aliphatic rings. The molecule has 0 aliphatic heterocycles. The van der Waals surface area contributed by atoms with Crippen molar-refractivity contribution in [2.75, 3.05) is 13.2 Å². The summed E-state index contributed by atoms with van der Waals surface area (Å²) in [7, 11) is 0. The van der Waals surface area contributed by atoms with Gasteiger partial charge in [0.1, 0.15) is 0 Å². The zero-order valence-electron chi connectivity index (χ0n) is 12.9. The Balaban J connectivity index is 1.98. The van der Waals surface area contributed by atoms with Crippen molar-refractivity contribution in [3.8, 4) is 0 Å². The van der Waals surface area contributed by atoms with Gasteiger partial charge in [0.25, 0.3) is 0 Å². The number of ether oxygens (including phenoxy) is 1. The average molecular weight is 300 g/mol. The molecule has 21 heavy (non-hydrogen) atoms. The van der Waals surface area contributed by atoms with Crippen LogP contribution < -0.4 is 10.6 Å². The van der Waals surface area contributed by atoms with Crippen LogP contribution in [0.25, 0.3) is 0 Å². The predicted octanol–water partition coefficient (Wildman–Crippen LogP) is 2.28. The molecule has 0 aromatic carbocycles. The van der Waals surface area contributed by atoms with Crippen LogP contribution in [0, 0.1) is 0 Å². The van der Waals surface area contributed by atoms with Gasteiger partial charge in [-0.2, -0.15) is 0 Å². The smallest absolute Gasteiger partial charge is 0.315 e. The maximum absolute atomic E-state index is 11.6. The Bertz CT molecular complexity index is 317. The molecule has 0 bridgehead atoms. The van der Waals surface area contributed by atoms with Crippen molar-refractivity contribution in [2.45, 2.75) is 70.4 Å². The number of aliphatic carboxylic acids is 1. The van der Waals surface area contributed by atoms with Gasteiger partial charge in [0.15, 0.2) is 0 Å². The van der Waals surface area contributed by atoms with Crippen LogP contribution in [0.5, 0.6) is 0 Å². The molecular weight excluding hydrogens is 272 g/mol. The monoisotopic (exact) mass is 300 g/mol. The van der Waals surface area contributed by atoms with E-state index in [2.05, 4.69) is 10.6 Å². The molecule has 6 heteroatoms. The number of nitrogens with one attached hydrogen (secondary N) is 2. The second-order valence-electron chi connectivity index (χ2n) is 5.72. The van der Waals surface area contributed by atoms with Crippen molar-refractivity contribution >= 4 is 12.0 Å². The highest BCUT2D eigenvalue weighted by Crippen LogP contribution is 2.19. The van der Waals surface area contributed by atoms with E-state index in [9.17, 15) is 9.59 Å². The maximum atomic E-state index is 11.6. The van der Waals surface area contributed by atoms with Crippen LogP contribution >= 0.6 is 0 Å². The lowest BCUT2D eigenvalue weighted by atomic mass is 9.98. The van der Waals surface area contributed by atoms with Crippen LogP contribution in [0.4, 0.5) is 4.79 Å². The molecule has 1 aliphatic carbocycles. The summed E-state index contributed by atoms with van der Waals surface area (Å²) in [6.07, 6.45) is 7.79. The van der Waals surface area contributed by atoms with Gasteiger partial charge in [0.05, 0.1) is 12.7 Å². The Morgan fingerprint density at radius 1 is 1.29 bits per heavy atom. The first-order valence-electron chi connectivity index (χ1n) is 7.95. The number of hydrogen-bond donors (Lipinski definition) is 3. The second kappa shape index (κ2) is 10.4. The lowest BCUT2D eigenvalue weighted by Gasteiger charge is -2.22. The van der Waals surface area contributed by atoms with Crippen molar-refractivity contribution in [1.82, 2.24) is 10.6 Å². The summed E-state index contributed by atoms with van der Waals surface area (Å²) >= 11 is 0. The molecule has 1 atom stereocenters. The lowest BCUT2D eigenvalue weighted by Crippen LogP contribution is -2.42. The largest absolute Gasteiger partial charge is 0.481 e. The standard InChI is InChI=1S/C15H28N2O4/c1-12(6-5-9-14(18)19)17-15(20)16-10-11-21-13-7-3-2-4-8-13/h12-13H,2-11H2,1H3,(H,18,19)(H2,16,17,20). The van der Waals surface area contributed by atoms with Crippen LogP contribution in [0.15, 0.2) is 0 Å². The highest BCUT2D eigenvalue weighted by Gasteiger charge is 2.13. The van der Waals surface area contributed by atoms with E-state index in [-0.39, 0.29) is 18.5 Å². The van der Waals surface area contributed by atoms with Crippen molar-refractivity contribution < 1.29 is 19.4 Å². The lowest BCUT2D eigenvalue weighted by molar-refractivity contribution is -0.137. The molecular formula is C15H28N2O4. The van der Waals surface area contributed by atoms with E-state index >= 15 is 0 Å². The molecule has 2 amide bonds. The number of amides is 2. The summed E-state index contributed by atoms with van der Waals surface area (Å²) in [5.41, 5.74) is 0.